The number of amides is 1. The fourth-order valence-corrected chi connectivity index (χ4v) is 3.17. The minimum atomic E-state index is -0.257. The Kier molecular flexibility index (Phi) is 4.61. The van der Waals surface area contributed by atoms with Crippen LogP contribution in [0.3, 0.4) is 0 Å². The molecule has 3 rings (SSSR count). The number of carbonyl (C=O) groups excluding carboxylic acids is 1. The molecule has 0 radical (unpaired) electrons. The number of aromatic nitrogens is 1. The summed E-state index contributed by atoms with van der Waals surface area (Å²) in [7, 11) is 0. The summed E-state index contributed by atoms with van der Waals surface area (Å²) in [6, 6.07) is 5.52. The molecule has 114 valence electrons. The van der Waals surface area contributed by atoms with Crippen LogP contribution in [0, 0.1) is 0 Å². The van der Waals surface area contributed by atoms with E-state index in [4.69, 9.17) is 23.2 Å². The Balaban J connectivity index is 1.65. The second kappa shape index (κ2) is 6.64. The number of nitrogens with one attached hydrogen (secondary N) is 2. The van der Waals surface area contributed by atoms with E-state index in [1.54, 1.807) is 12.3 Å². The maximum absolute atomic E-state index is 11.9. The molecule has 1 aromatic heterocycles. The zero-order valence-corrected chi connectivity index (χ0v) is 13.7. The minimum Gasteiger partial charge on any atom is -0.364 e. The van der Waals surface area contributed by atoms with Crippen LogP contribution in [0.5, 0.6) is 0 Å². The van der Waals surface area contributed by atoms with E-state index in [1.165, 1.54) is 11.3 Å². The van der Waals surface area contributed by atoms with E-state index in [1.807, 2.05) is 12.1 Å². The summed E-state index contributed by atoms with van der Waals surface area (Å²) in [5, 5.41) is 7.28. The van der Waals surface area contributed by atoms with Crippen molar-refractivity contribution < 1.29 is 4.79 Å². The third-order valence-corrected chi connectivity index (χ3v) is 4.68. The molecule has 1 amide bonds. The van der Waals surface area contributed by atoms with Gasteiger partial charge < -0.3 is 5.32 Å². The smallest absolute Gasteiger partial charge is 0.292 e. The Morgan fingerprint density at radius 3 is 2.95 bits per heavy atom. The highest BCUT2D eigenvalue weighted by Gasteiger charge is 2.16. The number of nitrogens with zero attached hydrogens (tertiary/aromatic N) is 2. The van der Waals surface area contributed by atoms with Crippen LogP contribution < -0.4 is 10.6 Å². The normalized spacial score (nSPS) is 13.6. The van der Waals surface area contributed by atoms with Crippen LogP contribution in [-0.2, 0) is 11.2 Å². The predicted octanol–water partition coefficient (Wildman–Crippen LogP) is 2.98. The van der Waals surface area contributed by atoms with Crippen LogP contribution in [0.15, 0.2) is 29.4 Å². The predicted molar refractivity (Wildman–Crippen MR) is 90.3 cm³/mol. The zero-order valence-electron chi connectivity index (χ0n) is 11.4. The summed E-state index contributed by atoms with van der Waals surface area (Å²) in [5.41, 5.74) is 1.04. The van der Waals surface area contributed by atoms with Crippen molar-refractivity contribution in [2.24, 2.45) is 4.99 Å². The Morgan fingerprint density at radius 2 is 2.23 bits per heavy atom. The van der Waals surface area contributed by atoms with Gasteiger partial charge in [0.25, 0.3) is 5.91 Å². The molecular formula is C14H12Cl2N4OS. The van der Waals surface area contributed by atoms with Gasteiger partial charge in [0.15, 0.2) is 11.0 Å². The zero-order chi connectivity index (χ0) is 15.5. The molecule has 1 aromatic carbocycles. The highest BCUT2D eigenvalue weighted by molar-refractivity contribution is 7.15. The Labute approximate surface area is 141 Å². The average molecular weight is 355 g/mol. The Hall–Kier alpha value is -1.63. The Morgan fingerprint density at radius 1 is 1.36 bits per heavy atom. The molecule has 0 atom stereocenters. The van der Waals surface area contributed by atoms with E-state index in [2.05, 4.69) is 20.6 Å². The number of rotatable bonds is 4. The fourth-order valence-electron chi connectivity index (χ4n) is 2.00. The maximum atomic E-state index is 11.9. The molecule has 0 fully saturated rings. The lowest BCUT2D eigenvalue weighted by Gasteiger charge is -2.02. The van der Waals surface area contributed by atoms with Crippen molar-refractivity contribution in [3.8, 4) is 0 Å². The maximum Gasteiger partial charge on any atom is 0.292 e. The SMILES string of the molecule is O=C(Nc1ncc(Cc2ccc(Cl)c(Cl)c2)s1)C1=NCCN1. The molecule has 0 saturated heterocycles. The quantitative estimate of drug-likeness (QED) is 0.886. The molecule has 2 N–H and O–H groups in total. The molecule has 0 saturated carbocycles. The molecule has 0 aliphatic carbocycles. The lowest BCUT2D eigenvalue weighted by atomic mass is 10.1. The topological polar surface area (TPSA) is 66.4 Å². The first-order valence-corrected chi connectivity index (χ1v) is 8.17. The number of amidine groups is 1. The first-order valence-electron chi connectivity index (χ1n) is 6.60. The summed E-state index contributed by atoms with van der Waals surface area (Å²) in [6.07, 6.45) is 2.43. The van der Waals surface area contributed by atoms with Crippen molar-refractivity contribution in [1.29, 1.82) is 0 Å². The van der Waals surface area contributed by atoms with Crippen LogP contribution in [0.4, 0.5) is 5.13 Å². The number of hydrogen-bond acceptors (Lipinski definition) is 5. The molecule has 2 aromatic rings. The van der Waals surface area contributed by atoms with Crippen molar-refractivity contribution >= 4 is 51.4 Å². The first-order chi connectivity index (χ1) is 10.6. The summed E-state index contributed by atoms with van der Waals surface area (Å²) in [4.78, 5) is 21.2. The van der Waals surface area contributed by atoms with Crippen molar-refractivity contribution in [2.75, 3.05) is 18.4 Å². The standard InChI is InChI=1S/C14H12Cl2N4OS/c15-10-2-1-8(6-11(10)16)5-9-7-19-14(22-9)20-13(21)12-17-3-4-18-12/h1-2,6-7H,3-5H2,(H,17,18)(H,19,20,21). The first kappa shape index (κ1) is 15.3. The average Bonchev–Trinajstić information content (AvgIpc) is 3.15. The van der Waals surface area contributed by atoms with Gasteiger partial charge in [-0.05, 0) is 17.7 Å². The van der Waals surface area contributed by atoms with Crippen molar-refractivity contribution in [2.45, 2.75) is 6.42 Å². The number of thiazole rings is 1. The van der Waals surface area contributed by atoms with Crippen LogP contribution in [0.2, 0.25) is 10.0 Å². The number of aliphatic imine (C=N–C) groups is 1. The minimum absolute atomic E-state index is 0.257. The van der Waals surface area contributed by atoms with Gasteiger partial charge in [-0.15, -0.1) is 11.3 Å². The molecular weight excluding hydrogens is 343 g/mol. The van der Waals surface area contributed by atoms with E-state index in [9.17, 15) is 4.79 Å². The van der Waals surface area contributed by atoms with Gasteiger partial charge in [-0.2, -0.15) is 0 Å². The van der Waals surface area contributed by atoms with E-state index >= 15 is 0 Å². The van der Waals surface area contributed by atoms with Crippen molar-refractivity contribution in [3.63, 3.8) is 0 Å². The summed E-state index contributed by atoms with van der Waals surface area (Å²) >= 11 is 13.3. The third-order valence-electron chi connectivity index (χ3n) is 3.03. The Bertz CT molecular complexity index is 744. The highest BCUT2D eigenvalue weighted by atomic mass is 35.5. The van der Waals surface area contributed by atoms with Crippen molar-refractivity contribution in [1.82, 2.24) is 10.3 Å². The number of benzene rings is 1. The van der Waals surface area contributed by atoms with E-state index < -0.39 is 0 Å². The van der Waals surface area contributed by atoms with Gasteiger partial charge in [0.05, 0.1) is 16.6 Å². The molecule has 22 heavy (non-hydrogen) atoms. The van der Waals surface area contributed by atoms with Gasteiger partial charge in [0.2, 0.25) is 0 Å². The van der Waals surface area contributed by atoms with Crippen LogP contribution in [0.25, 0.3) is 0 Å². The molecule has 1 aliphatic heterocycles. The fraction of sp³-hybridized carbons (Fsp3) is 0.214. The largest absolute Gasteiger partial charge is 0.364 e. The molecule has 0 unspecified atom stereocenters. The van der Waals surface area contributed by atoms with Crippen LogP contribution in [-0.4, -0.2) is 29.8 Å². The molecule has 5 nitrogen and oxygen atoms in total. The molecule has 0 spiro atoms. The monoisotopic (exact) mass is 354 g/mol. The second-order valence-electron chi connectivity index (χ2n) is 4.67. The van der Waals surface area contributed by atoms with Gasteiger partial charge >= 0.3 is 0 Å². The van der Waals surface area contributed by atoms with Gasteiger partial charge in [-0.3, -0.25) is 15.1 Å². The van der Waals surface area contributed by atoms with Crippen LogP contribution in [0.1, 0.15) is 10.4 Å². The van der Waals surface area contributed by atoms with Crippen molar-refractivity contribution in [3.05, 3.63) is 44.9 Å². The summed E-state index contributed by atoms with van der Waals surface area (Å²) < 4.78 is 0. The summed E-state index contributed by atoms with van der Waals surface area (Å²) in [5.74, 6) is 0.106. The number of halogens is 2. The number of anilines is 1. The van der Waals surface area contributed by atoms with Gasteiger partial charge in [-0.1, -0.05) is 29.3 Å². The van der Waals surface area contributed by atoms with E-state index in [0.717, 1.165) is 10.4 Å². The highest BCUT2D eigenvalue weighted by Crippen LogP contribution is 2.26. The number of hydrogen-bond donors (Lipinski definition) is 2. The van der Waals surface area contributed by atoms with E-state index in [-0.39, 0.29) is 5.91 Å². The van der Waals surface area contributed by atoms with E-state index in [0.29, 0.717) is 40.5 Å². The third kappa shape index (κ3) is 3.58. The second-order valence-corrected chi connectivity index (χ2v) is 6.60. The van der Waals surface area contributed by atoms with Gasteiger partial charge in [-0.25, -0.2) is 4.98 Å². The summed E-state index contributed by atoms with van der Waals surface area (Å²) in [6.45, 7) is 1.33. The number of carbonyl (C=O) groups is 1. The van der Waals surface area contributed by atoms with Gasteiger partial charge in [0.1, 0.15) is 0 Å². The van der Waals surface area contributed by atoms with Crippen LogP contribution >= 0.6 is 34.5 Å². The molecule has 2 heterocycles. The van der Waals surface area contributed by atoms with Gasteiger partial charge in [0, 0.05) is 24.0 Å². The lowest BCUT2D eigenvalue weighted by molar-refractivity contribution is -0.110. The molecule has 8 heteroatoms. The molecule has 0 bridgehead atoms. The molecule has 1 aliphatic rings. The lowest BCUT2D eigenvalue weighted by Crippen LogP contribution is -2.32.